The zero-order chi connectivity index (χ0) is 6.27. The van der Waals surface area contributed by atoms with Crippen molar-refractivity contribution in [2.45, 2.75) is 37.5 Å². The van der Waals surface area contributed by atoms with Crippen molar-refractivity contribution in [3.63, 3.8) is 0 Å². The van der Waals surface area contributed by atoms with Gasteiger partial charge in [0.15, 0.2) is 0 Å². The number of epoxide rings is 1. The molecule has 0 aromatic heterocycles. The molecule has 0 bridgehead atoms. The van der Waals surface area contributed by atoms with Crippen molar-refractivity contribution in [2.75, 3.05) is 0 Å². The third-order valence-electron chi connectivity index (χ3n) is 2.24. The van der Waals surface area contributed by atoms with Gasteiger partial charge in [-0.2, -0.15) is 0 Å². The van der Waals surface area contributed by atoms with E-state index < -0.39 is 0 Å². The van der Waals surface area contributed by atoms with E-state index in [1.54, 1.807) is 0 Å². The van der Waals surface area contributed by atoms with Crippen LogP contribution in [-0.4, -0.2) is 18.2 Å². The first kappa shape index (κ1) is 5.65. The predicted molar refractivity (Wildman–Crippen MR) is 33.6 cm³/mol. The van der Waals surface area contributed by atoms with Crippen LogP contribution < -0.4 is 11.3 Å². The lowest BCUT2D eigenvalue weighted by molar-refractivity contribution is 0.366. The molecule has 2 rings (SSSR count). The van der Waals surface area contributed by atoms with Gasteiger partial charge in [-0.1, -0.05) is 0 Å². The fraction of sp³-hybridized carbons (Fsp3) is 1.00. The average Bonchev–Trinajstić information content (AvgIpc) is 2.64. The van der Waals surface area contributed by atoms with Gasteiger partial charge in [-0.25, -0.2) is 0 Å². The molecule has 3 N–H and O–H groups in total. The molecule has 1 aliphatic carbocycles. The van der Waals surface area contributed by atoms with E-state index in [1.807, 2.05) is 0 Å². The largest absolute Gasteiger partial charge is 0.370 e. The molecular weight excluding hydrogens is 116 g/mol. The standard InChI is InChI=1S/C6H12N2O/c7-8-4-1-2-5-6(3-4)9-5/h4-6,8H,1-3,7H2. The van der Waals surface area contributed by atoms with Crippen LogP contribution in [-0.2, 0) is 4.74 Å². The van der Waals surface area contributed by atoms with Crippen LogP contribution in [0, 0.1) is 0 Å². The summed E-state index contributed by atoms with van der Waals surface area (Å²) in [6.45, 7) is 0. The topological polar surface area (TPSA) is 50.6 Å². The molecule has 0 aromatic carbocycles. The van der Waals surface area contributed by atoms with Gasteiger partial charge in [-0.15, -0.1) is 0 Å². The monoisotopic (exact) mass is 128 g/mol. The summed E-state index contributed by atoms with van der Waals surface area (Å²) in [5, 5.41) is 0. The highest BCUT2D eigenvalue weighted by Crippen LogP contribution is 2.35. The van der Waals surface area contributed by atoms with Crippen LogP contribution in [0.5, 0.6) is 0 Å². The number of nitrogens with two attached hydrogens (primary N) is 1. The summed E-state index contributed by atoms with van der Waals surface area (Å²) in [5.74, 6) is 5.28. The molecule has 1 saturated heterocycles. The lowest BCUT2D eigenvalue weighted by atomic mass is 9.96. The predicted octanol–water partition coefficient (Wildman–Crippen LogP) is -0.230. The molecule has 0 spiro atoms. The molecule has 3 nitrogen and oxygen atoms in total. The lowest BCUT2D eigenvalue weighted by Gasteiger charge is -2.16. The summed E-state index contributed by atoms with van der Waals surface area (Å²) in [6, 6.07) is 0.508. The normalized spacial score (nSPS) is 48.3. The summed E-state index contributed by atoms with van der Waals surface area (Å²) in [6.07, 6.45) is 4.62. The quantitative estimate of drug-likeness (QED) is 0.291. The molecule has 0 amide bonds. The maximum atomic E-state index is 5.31. The first-order valence-electron chi connectivity index (χ1n) is 3.52. The van der Waals surface area contributed by atoms with E-state index in [0.717, 1.165) is 6.42 Å². The Kier molecular flexibility index (Phi) is 1.22. The average molecular weight is 128 g/mol. The highest BCUT2D eigenvalue weighted by molar-refractivity contribution is 4.93. The second kappa shape index (κ2) is 1.94. The summed E-state index contributed by atoms with van der Waals surface area (Å²) in [7, 11) is 0. The van der Waals surface area contributed by atoms with Crippen LogP contribution in [0.2, 0.25) is 0 Å². The minimum atomic E-state index is 0.508. The summed E-state index contributed by atoms with van der Waals surface area (Å²) in [4.78, 5) is 0. The molecule has 2 fully saturated rings. The Morgan fingerprint density at radius 1 is 1.33 bits per heavy atom. The molecule has 1 saturated carbocycles. The fourth-order valence-electron chi connectivity index (χ4n) is 1.56. The van der Waals surface area contributed by atoms with Crippen molar-refractivity contribution < 1.29 is 4.74 Å². The third kappa shape index (κ3) is 0.956. The van der Waals surface area contributed by atoms with Gasteiger partial charge in [0.2, 0.25) is 0 Å². The molecule has 0 aromatic rings. The van der Waals surface area contributed by atoms with Crippen LogP contribution >= 0.6 is 0 Å². The number of hydrogen-bond acceptors (Lipinski definition) is 3. The van der Waals surface area contributed by atoms with Crippen LogP contribution in [0.15, 0.2) is 0 Å². The zero-order valence-corrected chi connectivity index (χ0v) is 5.34. The Morgan fingerprint density at radius 3 is 2.89 bits per heavy atom. The Bertz CT molecular complexity index is 118. The smallest absolute Gasteiger partial charge is 0.0857 e. The second-order valence-corrected chi connectivity index (χ2v) is 2.89. The van der Waals surface area contributed by atoms with E-state index >= 15 is 0 Å². The van der Waals surface area contributed by atoms with E-state index in [2.05, 4.69) is 5.43 Å². The molecule has 9 heavy (non-hydrogen) atoms. The summed E-state index contributed by atoms with van der Waals surface area (Å²) in [5.41, 5.74) is 2.78. The van der Waals surface area contributed by atoms with Crippen molar-refractivity contribution >= 4 is 0 Å². The van der Waals surface area contributed by atoms with E-state index in [4.69, 9.17) is 10.6 Å². The van der Waals surface area contributed by atoms with Gasteiger partial charge in [-0.3, -0.25) is 11.3 Å². The molecule has 1 aliphatic heterocycles. The maximum absolute atomic E-state index is 5.31. The molecule has 52 valence electrons. The lowest BCUT2D eigenvalue weighted by Crippen LogP contribution is -2.38. The van der Waals surface area contributed by atoms with Crippen LogP contribution in [0.4, 0.5) is 0 Å². The van der Waals surface area contributed by atoms with E-state index in [-0.39, 0.29) is 0 Å². The van der Waals surface area contributed by atoms with Gasteiger partial charge >= 0.3 is 0 Å². The van der Waals surface area contributed by atoms with Gasteiger partial charge in [0.05, 0.1) is 12.2 Å². The van der Waals surface area contributed by atoms with Crippen molar-refractivity contribution in [3.05, 3.63) is 0 Å². The van der Waals surface area contributed by atoms with E-state index in [9.17, 15) is 0 Å². The van der Waals surface area contributed by atoms with Crippen molar-refractivity contribution in [2.24, 2.45) is 5.84 Å². The molecular formula is C6H12N2O. The minimum absolute atomic E-state index is 0.508. The van der Waals surface area contributed by atoms with Gasteiger partial charge in [0.25, 0.3) is 0 Å². The number of fused-ring (bicyclic) bond motifs is 1. The number of ether oxygens (including phenoxy) is 1. The van der Waals surface area contributed by atoms with E-state index in [1.165, 1.54) is 12.8 Å². The first-order chi connectivity index (χ1) is 4.40. The number of rotatable bonds is 1. The molecule has 3 heteroatoms. The molecule has 0 radical (unpaired) electrons. The zero-order valence-electron chi connectivity index (χ0n) is 5.34. The molecule has 3 unspecified atom stereocenters. The number of hydrogen-bond donors (Lipinski definition) is 2. The molecule has 3 atom stereocenters. The molecule has 1 heterocycles. The van der Waals surface area contributed by atoms with E-state index in [0.29, 0.717) is 18.2 Å². The Morgan fingerprint density at radius 2 is 2.22 bits per heavy atom. The fourth-order valence-corrected chi connectivity index (χ4v) is 1.56. The highest BCUT2D eigenvalue weighted by atomic mass is 16.6. The van der Waals surface area contributed by atoms with Gasteiger partial charge < -0.3 is 4.74 Å². The minimum Gasteiger partial charge on any atom is -0.370 e. The summed E-state index contributed by atoms with van der Waals surface area (Å²) >= 11 is 0. The maximum Gasteiger partial charge on any atom is 0.0857 e. The van der Waals surface area contributed by atoms with Gasteiger partial charge in [0, 0.05) is 6.04 Å². The van der Waals surface area contributed by atoms with Gasteiger partial charge in [-0.05, 0) is 19.3 Å². The van der Waals surface area contributed by atoms with Gasteiger partial charge in [0.1, 0.15) is 0 Å². The van der Waals surface area contributed by atoms with Crippen molar-refractivity contribution in [1.82, 2.24) is 5.43 Å². The summed E-state index contributed by atoms with van der Waals surface area (Å²) < 4.78 is 5.31. The second-order valence-electron chi connectivity index (χ2n) is 2.89. The molecule has 2 aliphatic rings. The Balaban J connectivity index is 1.86. The van der Waals surface area contributed by atoms with Crippen molar-refractivity contribution in [1.29, 1.82) is 0 Å². The third-order valence-corrected chi connectivity index (χ3v) is 2.24. The van der Waals surface area contributed by atoms with Crippen LogP contribution in [0.3, 0.4) is 0 Å². The number of hydrazine groups is 1. The Labute approximate surface area is 54.5 Å². The highest BCUT2D eigenvalue weighted by Gasteiger charge is 2.43. The van der Waals surface area contributed by atoms with Crippen LogP contribution in [0.1, 0.15) is 19.3 Å². The van der Waals surface area contributed by atoms with Crippen molar-refractivity contribution in [3.8, 4) is 0 Å². The first-order valence-corrected chi connectivity index (χ1v) is 3.52. The SMILES string of the molecule is NNC1CCC2OC2C1. The van der Waals surface area contributed by atoms with Crippen LogP contribution in [0.25, 0.3) is 0 Å². The number of nitrogens with one attached hydrogen (secondary N) is 1. The Hall–Kier alpha value is -0.120.